The summed E-state index contributed by atoms with van der Waals surface area (Å²) in [4.78, 5) is 22.4. The summed E-state index contributed by atoms with van der Waals surface area (Å²) in [5.41, 5.74) is 2.98. The fraction of sp³-hybridized carbons (Fsp3) is 0.474. The smallest absolute Gasteiger partial charge is 0.254 e. The van der Waals surface area contributed by atoms with Crippen molar-refractivity contribution < 1.29 is 9.47 Å². The Morgan fingerprint density at radius 2 is 2.20 bits per heavy atom. The van der Waals surface area contributed by atoms with Crippen LogP contribution in [0.1, 0.15) is 35.5 Å². The maximum absolute atomic E-state index is 12.4. The standard InChI is InChI=1S/C19H21N3O3/c23-19-14-6-7-22(9-13-2-1-3-16-18(13)25-11-24-16)10-15(14)20-17(21-19)8-12-4-5-12/h1-3,12H,4-11H2,(H,20,21,23). The average molecular weight is 339 g/mol. The van der Waals surface area contributed by atoms with Gasteiger partial charge in [-0.15, -0.1) is 0 Å². The largest absolute Gasteiger partial charge is 0.454 e. The lowest BCUT2D eigenvalue weighted by Gasteiger charge is -2.28. The molecule has 5 rings (SSSR count). The van der Waals surface area contributed by atoms with Crippen molar-refractivity contribution >= 4 is 0 Å². The Morgan fingerprint density at radius 1 is 1.28 bits per heavy atom. The van der Waals surface area contributed by atoms with Crippen LogP contribution in [0, 0.1) is 5.92 Å². The molecule has 0 atom stereocenters. The van der Waals surface area contributed by atoms with E-state index in [1.165, 1.54) is 12.8 Å². The van der Waals surface area contributed by atoms with Gasteiger partial charge < -0.3 is 14.5 Å². The number of hydrogen-bond acceptors (Lipinski definition) is 5. The number of H-pyrrole nitrogens is 1. The van der Waals surface area contributed by atoms with Crippen LogP contribution in [0.4, 0.5) is 0 Å². The van der Waals surface area contributed by atoms with E-state index >= 15 is 0 Å². The zero-order chi connectivity index (χ0) is 16.8. The first kappa shape index (κ1) is 15.0. The number of hydrogen-bond donors (Lipinski definition) is 1. The molecule has 6 heteroatoms. The van der Waals surface area contributed by atoms with Crippen LogP contribution in [0.5, 0.6) is 11.5 Å². The number of para-hydroxylation sites is 1. The van der Waals surface area contributed by atoms with Gasteiger partial charge in [0.15, 0.2) is 11.5 Å². The Bertz CT molecular complexity index is 873. The maximum atomic E-state index is 12.4. The van der Waals surface area contributed by atoms with Gasteiger partial charge in [-0.3, -0.25) is 9.69 Å². The zero-order valence-corrected chi connectivity index (χ0v) is 14.1. The molecule has 0 radical (unpaired) electrons. The van der Waals surface area contributed by atoms with Gasteiger partial charge in [-0.05, 0) is 31.2 Å². The lowest BCUT2D eigenvalue weighted by atomic mass is 10.0. The molecule has 0 unspecified atom stereocenters. The van der Waals surface area contributed by atoms with Crippen molar-refractivity contribution in [3.05, 3.63) is 51.2 Å². The molecule has 1 aromatic heterocycles. The summed E-state index contributed by atoms with van der Waals surface area (Å²) < 4.78 is 11.1. The molecule has 2 aliphatic heterocycles. The first-order chi connectivity index (χ1) is 12.3. The highest BCUT2D eigenvalue weighted by molar-refractivity contribution is 5.48. The molecule has 3 aliphatic rings. The summed E-state index contributed by atoms with van der Waals surface area (Å²) in [6, 6.07) is 6.01. The molecule has 0 amide bonds. The van der Waals surface area contributed by atoms with Crippen molar-refractivity contribution in [1.29, 1.82) is 0 Å². The molecule has 1 aromatic carbocycles. The average Bonchev–Trinajstić information content (AvgIpc) is 3.27. The van der Waals surface area contributed by atoms with Gasteiger partial charge >= 0.3 is 0 Å². The predicted molar refractivity (Wildman–Crippen MR) is 91.7 cm³/mol. The van der Waals surface area contributed by atoms with Gasteiger partial charge in [-0.25, -0.2) is 4.98 Å². The van der Waals surface area contributed by atoms with Gasteiger partial charge in [0, 0.05) is 37.2 Å². The second kappa shape index (κ2) is 5.88. The Hall–Kier alpha value is -2.34. The van der Waals surface area contributed by atoms with Gasteiger partial charge in [0.2, 0.25) is 6.79 Å². The van der Waals surface area contributed by atoms with Crippen molar-refractivity contribution in [2.45, 2.75) is 38.8 Å². The van der Waals surface area contributed by atoms with Crippen LogP contribution in [0.25, 0.3) is 0 Å². The van der Waals surface area contributed by atoms with E-state index in [4.69, 9.17) is 14.5 Å². The maximum Gasteiger partial charge on any atom is 0.254 e. The first-order valence-electron chi connectivity index (χ1n) is 8.97. The van der Waals surface area contributed by atoms with Crippen molar-refractivity contribution in [2.75, 3.05) is 13.3 Å². The minimum Gasteiger partial charge on any atom is -0.454 e. The molecule has 0 bridgehead atoms. The molecule has 1 fully saturated rings. The monoisotopic (exact) mass is 339 g/mol. The molecule has 25 heavy (non-hydrogen) atoms. The topological polar surface area (TPSA) is 67.5 Å². The van der Waals surface area contributed by atoms with Gasteiger partial charge in [-0.1, -0.05) is 12.1 Å². The van der Waals surface area contributed by atoms with Crippen molar-refractivity contribution in [3.8, 4) is 11.5 Å². The second-order valence-electron chi connectivity index (χ2n) is 7.20. The highest BCUT2D eigenvalue weighted by Gasteiger charge is 2.26. The third-order valence-corrected chi connectivity index (χ3v) is 5.25. The number of benzene rings is 1. The fourth-order valence-electron chi connectivity index (χ4n) is 3.73. The van der Waals surface area contributed by atoms with Gasteiger partial charge in [0.1, 0.15) is 5.82 Å². The molecule has 1 N–H and O–H groups in total. The van der Waals surface area contributed by atoms with E-state index in [1.807, 2.05) is 12.1 Å². The predicted octanol–water partition coefficient (Wildman–Crippen LogP) is 2.01. The third kappa shape index (κ3) is 2.91. The van der Waals surface area contributed by atoms with Gasteiger partial charge in [0.05, 0.1) is 5.69 Å². The molecule has 0 saturated heterocycles. The molecule has 130 valence electrons. The lowest BCUT2D eigenvalue weighted by molar-refractivity contribution is 0.171. The van der Waals surface area contributed by atoms with Crippen LogP contribution in [-0.2, 0) is 25.9 Å². The number of rotatable bonds is 4. The quantitative estimate of drug-likeness (QED) is 0.923. The number of fused-ring (bicyclic) bond motifs is 2. The molecular weight excluding hydrogens is 318 g/mol. The fourth-order valence-corrected chi connectivity index (χ4v) is 3.73. The highest BCUT2D eigenvalue weighted by Crippen LogP contribution is 2.36. The molecule has 3 heterocycles. The van der Waals surface area contributed by atoms with Crippen molar-refractivity contribution in [2.24, 2.45) is 5.92 Å². The van der Waals surface area contributed by atoms with Crippen LogP contribution < -0.4 is 15.0 Å². The SMILES string of the molecule is O=c1[nH]c(CC2CC2)nc2c1CCN(Cc1cccc3c1OCO3)C2. The molecule has 1 aliphatic carbocycles. The zero-order valence-electron chi connectivity index (χ0n) is 14.1. The van der Waals surface area contributed by atoms with E-state index in [2.05, 4.69) is 16.0 Å². The number of aromatic amines is 1. The summed E-state index contributed by atoms with van der Waals surface area (Å²) in [6.07, 6.45) is 4.16. The van der Waals surface area contributed by atoms with E-state index in [1.54, 1.807) is 0 Å². The van der Waals surface area contributed by atoms with E-state index in [-0.39, 0.29) is 12.4 Å². The molecule has 0 spiro atoms. The Balaban J connectivity index is 1.37. The van der Waals surface area contributed by atoms with Crippen LogP contribution in [0.3, 0.4) is 0 Å². The summed E-state index contributed by atoms with van der Waals surface area (Å²) in [7, 11) is 0. The minimum atomic E-state index is 0.0534. The summed E-state index contributed by atoms with van der Waals surface area (Å²) in [5.74, 6) is 3.23. The summed E-state index contributed by atoms with van der Waals surface area (Å²) >= 11 is 0. The van der Waals surface area contributed by atoms with Gasteiger partial charge in [-0.2, -0.15) is 0 Å². The Morgan fingerprint density at radius 3 is 3.08 bits per heavy atom. The lowest BCUT2D eigenvalue weighted by Crippen LogP contribution is -2.35. The van der Waals surface area contributed by atoms with Crippen LogP contribution in [-0.4, -0.2) is 28.2 Å². The summed E-state index contributed by atoms with van der Waals surface area (Å²) in [6.45, 7) is 2.63. The van der Waals surface area contributed by atoms with E-state index in [0.29, 0.717) is 12.5 Å². The van der Waals surface area contributed by atoms with E-state index < -0.39 is 0 Å². The van der Waals surface area contributed by atoms with Crippen LogP contribution in [0.2, 0.25) is 0 Å². The van der Waals surface area contributed by atoms with Crippen molar-refractivity contribution in [1.82, 2.24) is 14.9 Å². The number of ether oxygens (including phenoxy) is 2. The molecular formula is C19H21N3O3. The third-order valence-electron chi connectivity index (χ3n) is 5.25. The van der Waals surface area contributed by atoms with Crippen molar-refractivity contribution in [3.63, 3.8) is 0 Å². The Kier molecular flexibility index (Phi) is 3.52. The number of nitrogens with zero attached hydrogens (tertiary/aromatic N) is 2. The Labute approximate surface area is 145 Å². The molecule has 1 saturated carbocycles. The van der Waals surface area contributed by atoms with Crippen LogP contribution in [0.15, 0.2) is 23.0 Å². The molecule has 2 aromatic rings. The second-order valence-corrected chi connectivity index (χ2v) is 7.20. The highest BCUT2D eigenvalue weighted by atomic mass is 16.7. The van der Waals surface area contributed by atoms with Crippen LogP contribution >= 0.6 is 0 Å². The normalized spacial score (nSPS) is 19.0. The number of aromatic nitrogens is 2. The number of nitrogens with one attached hydrogen (secondary N) is 1. The first-order valence-corrected chi connectivity index (χ1v) is 8.97. The molecule has 6 nitrogen and oxygen atoms in total. The van der Waals surface area contributed by atoms with E-state index in [9.17, 15) is 4.79 Å². The summed E-state index contributed by atoms with van der Waals surface area (Å²) in [5, 5.41) is 0. The minimum absolute atomic E-state index is 0.0534. The van der Waals surface area contributed by atoms with Gasteiger partial charge in [0.25, 0.3) is 5.56 Å². The van der Waals surface area contributed by atoms with E-state index in [0.717, 1.165) is 60.1 Å².